The van der Waals surface area contributed by atoms with Gasteiger partial charge in [-0.1, -0.05) is 11.6 Å². The number of rotatable bonds is 5. The van der Waals surface area contributed by atoms with Gasteiger partial charge < -0.3 is 10.1 Å². The smallest absolute Gasteiger partial charge is 0.234 e. The van der Waals surface area contributed by atoms with Crippen molar-refractivity contribution in [1.82, 2.24) is 0 Å². The highest BCUT2D eigenvalue weighted by Gasteiger charge is 2.11. The topological polar surface area (TPSA) is 38.3 Å². The lowest BCUT2D eigenvalue weighted by Crippen LogP contribution is -2.14. The number of carbonyl (C=O) groups excluding carboxylic acids is 1. The summed E-state index contributed by atoms with van der Waals surface area (Å²) in [5.41, 5.74) is 0.417. The molecule has 1 N–H and O–H groups in total. The van der Waals surface area contributed by atoms with Crippen LogP contribution in [0.2, 0.25) is 5.02 Å². The number of benzene rings is 2. The second-order valence-electron chi connectivity index (χ2n) is 4.26. The summed E-state index contributed by atoms with van der Waals surface area (Å²) in [7, 11) is 1.47. The normalized spacial score (nSPS) is 10.4. The van der Waals surface area contributed by atoms with Crippen LogP contribution in [0.15, 0.2) is 41.3 Å². The Morgan fingerprint density at radius 2 is 2.05 bits per heavy atom. The van der Waals surface area contributed by atoms with Crippen molar-refractivity contribution in [2.24, 2.45) is 0 Å². The predicted octanol–water partition coefficient (Wildman–Crippen LogP) is 4.36. The zero-order chi connectivity index (χ0) is 16.1. The summed E-state index contributed by atoms with van der Waals surface area (Å²) in [6.07, 6.45) is 0. The molecular formula is C15H12ClF2NO2S. The van der Waals surface area contributed by atoms with Gasteiger partial charge in [0.15, 0.2) is 0 Å². The monoisotopic (exact) mass is 343 g/mol. The molecular weight excluding hydrogens is 332 g/mol. The number of nitrogens with one attached hydrogen (secondary N) is 1. The molecule has 116 valence electrons. The van der Waals surface area contributed by atoms with Crippen LogP contribution in [0.1, 0.15) is 0 Å². The van der Waals surface area contributed by atoms with Gasteiger partial charge in [0.05, 0.1) is 18.6 Å². The summed E-state index contributed by atoms with van der Waals surface area (Å²) in [5, 5.41) is 3.07. The first-order chi connectivity index (χ1) is 10.5. The highest BCUT2D eigenvalue weighted by molar-refractivity contribution is 8.00. The minimum Gasteiger partial charge on any atom is -0.495 e. The largest absolute Gasteiger partial charge is 0.495 e. The maximum Gasteiger partial charge on any atom is 0.234 e. The van der Waals surface area contributed by atoms with Crippen LogP contribution >= 0.6 is 23.4 Å². The van der Waals surface area contributed by atoms with Gasteiger partial charge >= 0.3 is 0 Å². The summed E-state index contributed by atoms with van der Waals surface area (Å²) in [6.45, 7) is 0. The lowest BCUT2D eigenvalue weighted by Gasteiger charge is -2.10. The minimum absolute atomic E-state index is 0.0734. The van der Waals surface area contributed by atoms with E-state index in [1.54, 1.807) is 18.2 Å². The second-order valence-corrected chi connectivity index (χ2v) is 5.71. The van der Waals surface area contributed by atoms with Crippen LogP contribution in [0.4, 0.5) is 14.5 Å². The van der Waals surface area contributed by atoms with Crippen molar-refractivity contribution in [3.8, 4) is 5.75 Å². The molecule has 7 heteroatoms. The Morgan fingerprint density at radius 1 is 1.27 bits per heavy atom. The van der Waals surface area contributed by atoms with E-state index in [-0.39, 0.29) is 16.6 Å². The van der Waals surface area contributed by atoms with Gasteiger partial charge in [0.25, 0.3) is 0 Å². The van der Waals surface area contributed by atoms with Crippen molar-refractivity contribution in [2.45, 2.75) is 4.90 Å². The molecule has 0 spiro atoms. The number of halogens is 3. The predicted molar refractivity (Wildman–Crippen MR) is 83.7 cm³/mol. The third kappa shape index (κ3) is 4.35. The lowest BCUT2D eigenvalue weighted by atomic mass is 10.3. The molecule has 0 bridgehead atoms. The maximum absolute atomic E-state index is 13.5. The first-order valence-electron chi connectivity index (χ1n) is 6.21. The standard InChI is InChI=1S/C15H12ClF2NO2S/c1-21-13-5-2-9(16)6-12(13)19-15(20)8-22-14-7-10(17)3-4-11(14)18/h2-7H,8H2,1H3,(H,19,20). The van der Waals surface area contributed by atoms with Crippen LogP contribution in [0, 0.1) is 11.6 Å². The third-order valence-corrected chi connectivity index (χ3v) is 3.95. The number of methoxy groups -OCH3 is 1. The Hall–Kier alpha value is -1.79. The van der Waals surface area contributed by atoms with Gasteiger partial charge in [0.1, 0.15) is 17.4 Å². The van der Waals surface area contributed by atoms with Crippen molar-refractivity contribution in [3.63, 3.8) is 0 Å². The van der Waals surface area contributed by atoms with Crippen LogP contribution in [-0.4, -0.2) is 18.8 Å². The first-order valence-corrected chi connectivity index (χ1v) is 7.57. The Balaban J connectivity index is 2.01. The molecule has 0 saturated heterocycles. The molecule has 0 aliphatic rings. The minimum atomic E-state index is -0.570. The van der Waals surface area contributed by atoms with Gasteiger partial charge in [-0.05, 0) is 36.4 Å². The van der Waals surface area contributed by atoms with Crippen LogP contribution in [0.3, 0.4) is 0 Å². The molecule has 0 aromatic heterocycles. The molecule has 0 fully saturated rings. The summed E-state index contributed by atoms with van der Waals surface area (Å²) in [5.74, 6) is -1.12. The van der Waals surface area contributed by atoms with Crippen molar-refractivity contribution < 1.29 is 18.3 Å². The molecule has 0 radical (unpaired) electrons. The Kier molecular flexibility index (Phi) is 5.63. The van der Waals surface area contributed by atoms with Crippen LogP contribution in [0.5, 0.6) is 5.75 Å². The fourth-order valence-corrected chi connectivity index (χ4v) is 2.63. The quantitative estimate of drug-likeness (QED) is 0.820. The average Bonchev–Trinajstić information content (AvgIpc) is 2.48. The van der Waals surface area contributed by atoms with Crippen LogP contribution < -0.4 is 10.1 Å². The highest BCUT2D eigenvalue weighted by atomic mass is 35.5. The van der Waals surface area contributed by atoms with Gasteiger partial charge in [0.2, 0.25) is 5.91 Å². The molecule has 1 amide bonds. The number of hydrogen-bond acceptors (Lipinski definition) is 3. The van der Waals surface area contributed by atoms with E-state index in [1.165, 1.54) is 7.11 Å². The van der Waals surface area contributed by atoms with E-state index in [4.69, 9.17) is 16.3 Å². The number of carbonyl (C=O) groups is 1. The van der Waals surface area contributed by atoms with Crippen LogP contribution in [-0.2, 0) is 4.79 Å². The van der Waals surface area contributed by atoms with Crippen molar-refractivity contribution in [3.05, 3.63) is 53.1 Å². The number of amides is 1. The van der Waals surface area contributed by atoms with E-state index < -0.39 is 11.6 Å². The molecule has 0 aliphatic carbocycles. The van der Waals surface area contributed by atoms with Crippen molar-refractivity contribution in [1.29, 1.82) is 0 Å². The number of thioether (sulfide) groups is 1. The van der Waals surface area contributed by atoms with E-state index in [1.807, 2.05) is 0 Å². The van der Waals surface area contributed by atoms with E-state index in [0.29, 0.717) is 16.5 Å². The maximum atomic E-state index is 13.5. The molecule has 0 atom stereocenters. The van der Waals surface area contributed by atoms with Gasteiger partial charge in [-0.25, -0.2) is 8.78 Å². The van der Waals surface area contributed by atoms with E-state index in [9.17, 15) is 13.6 Å². The molecule has 22 heavy (non-hydrogen) atoms. The lowest BCUT2D eigenvalue weighted by molar-refractivity contribution is -0.113. The average molecular weight is 344 g/mol. The zero-order valence-electron chi connectivity index (χ0n) is 11.5. The molecule has 0 unspecified atom stereocenters. The second kappa shape index (κ2) is 7.47. The summed E-state index contributed by atoms with van der Waals surface area (Å²) in [4.78, 5) is 12.0. The number of hydrogen-bond donors (Lipinski definition) is 1. The Bertz CT molecular complexity index is 697. The third-order valence-electron chi connectivity index (χ3n) is 2.69. The first kappa shape index (κ1) is 16.6. The molecule has 0 saturated carbocycles. The zero-order valence-corrected chi connectivity index (χ0v) is 13.1. The fraction of sp³-hybridized carbons (Fsp3) is 0.133. The summed E-state index contributed by atoms with van der Waals surface area (Å²) >= 11 is 6.77. The van der Waals surface area contributed by atoms with E-state index >= 15 is 0 Å². The van der Waals surface area contributed by atoms with Gasteiger partial charge in [0, 0.05) is 9.92 Å². The molecule has 0 aliphatic heterocycles. The van der Waals surface area contributed by atoms with Crippen LogP contribution in [0.25, 0.3) is 0 Å². The molecule has 2 aromatic carbocycles. The van der Waals surface area contributed by atoms with Crippen molar-refractivity contribution >= 4 is 35.0 Å². The summed E-state index contributed by atoms with van der Waals surface area (Å²) < 4.78 is 31.6. The van der Waals surface area contributed by atoms with E-state index in [2.05, 4.69) is 5.32 Å². The highest BCUT2D eigenvalue weighted by Crippen LogP contribution is 2.28. The molecule has 2 aromatic rings. The van der Waals surface area contributed by atoms with Crippen molar-refractivity contribution in [2.75, 3.05) is 18.2 Å². The number of ether oxygens (including phenoxy) is 1. The fourth-order valence-electron chi connectivity index (χ4n) is 1.70. The van der Waals surface area contributed by atoms with Gasteiger partial charge in [-0.2, -0.15) is 0 Å². The number of anilines is 1. The molecule has 3 nitrogen and oxygen atoms in total. The molecule has 2 rings (SSSR count). The SMILES string of the molecule is COc1ccc(Cl)cc1NC(=O)CSc1cc(F)ccc1F. The molecule has 0 heterocycles. The van der Waals surface area contributed by atoms with E-state index in [0.717, 1.165) is 30.0 Å². The Morgan fingerprint density at radius 3 is 2.77 bits per heavy atom. The van der Waals surface area contributed by atoms with Gasteiger partial charge in [-0.3, -0.25) is 4.79 Å². The van der Waals surface area contributed by atoms with Gasteiger partial charge in [-0.15, -0.1) is 11.8 Å². The summed E-state index contributed by atoms with van der Waals surface area (Å²) in [6, 6.07) is 7.90. The Labute approximate surface area is 135 Å².